The Kier molecular flexibility index (Phi) is 34.3. The van der Waals surface area contributed by atoms with Crippen molar-refractivity contribution in [2.45, 2.75) is 188 Å². The van der Waals surface area contributed by atoms with Gasteiger partial charge in [-0.1, -0.05) is 57.1 Å². The van der Waals surface area contributed by atoms with Crippen LogP contribution >= 0.6 is 21.6 Å². The molecule has 0 aliphatic carbocycles. The number of benzene rings is 2. The van der Waals surface area contributed by atoms with Gasteiger partial charge < -0.3 is 122 Å². The normalized spacial score (nSPS) is 23.8. The number of aryl methyl sites for hydroxylation is 2. The number of nitrogens with two attached hydrogens (primary N) is 4. The lowest BCUT2D eigenvalue weighted by Crippen LogP contribution is -2.62. The summed E-state index contributed by atoms with van der Waals surface area (Å²) in [5, 5.41) is 91.0. The summed E-state index contributed by atoms with van der Waals surface area (Å²) in [5.74, 6) is -18.8. The predicted molar refractivity (Wildman–Crippen MR) is 407 cm³/mol. The summed E-state index contributed by atoms with van der Waals surface area (Å²) in [5.41, 5.74) is 23.8. The number of aliphatic hydroxyl groups is 1. The van der Waals surface area contributed by atoms with Crippen molar-refractivity contribution in [3.63, 3.8) is 0 Å². The summed E-state index contributed by atoms with van der Waals surface area (Å²) >= 11 is 0. The van der Waals surface area contributed by atoms with E-state index < -0.39 is 223 Å². The van der Waals surface area contributed by atoms with E-state index in [4.69, 9.17) is 28.3 Å². The number of carboxylic acid groups (broad SMARTS) is 2. The molecule has 5 heterocycles. The second-order valence-electron chi connectivity index (χ2n) is 27.3. The number of aliphatic hydroxyl groups excluding tert-OH is 1. The fourth-order valence-corrected chi connectivity index (χ4v) is 14.9. The maximum Gasteiger partial charge on any atom is 0.326 e. The van der Waals surface area contributed by atoms with Gasteiger partial charge in [-0.2, -0.15) is 0 Å². The number of carbonyl (C=O) groups excluding carboxylic acids is 14. The number of fused-ring (bicyclic) bond motifs is 12. The maximum absolute atomic E-state index is 15.3. The molecule has 4 aromatic rings. The van der Waals surface area contributed by atoms with Crippen molar-refractivity contribution in [2.24, 2.45) is 22.9 Å². The van der Waals surface area contributed by atoms with Crippen LogP contribution in [0.15, 0.2) is 60.9 Å². The van der Waals surface area contributed by atoms with Crippen molar-refractivity contribution in [1.82, 2.24) is 94.0 Å². The predicted octanol–water partition coefficient (Wildman–Crippen LogP) is -6.73. The molecule has 43 nitrogen and oxygen atoms in total. The molecule has 2 saturated heterocycles. The molecule has 2 aromatic heterocycles. The average molecular weight is 1630 g/mol. The van der Waals surface area contributed by atoms with E-state index in [1.807, 2.05) is 0 Å². The summed E-state index contributed by atoms with van der Waals surface area (Å²) in [6, 6.07) is -9.58. The molecule has 620 valence electrons. The van der Waals surface area contributed by atoms with E-state index in [0.29, 0.717) is 22.0 Å². The van der Waals surface area contributed by atoms with Crippen LogP contribution in [-0.4, -0.2) is 262 Å². The van der Waals surface area contributed by atoms with Gasteiger partial charge in [0.2, 0.25) is 76.8 Å². The van der Waals surface area contributed by atoms with Gasteiger partial charge in [-0.05, 0) is 107 Å². The number of aromatic amines is 1. The Hall–Kier alpha value is -11.9. The highest BCUT2D eigenvalue weighted by molar-refractivity contribution is 8.76. The van der Waals surface area contributed by atoms with Crippen LogP contribution in [0.2, 0.25) is 0 Å². The average Bonchev–Trinajstić information content (AvgIpc) is 1.60. The Morgan fingerprint density at radius 1 is 0.667 bits per heavy atom. The van der Waals surface area contributed by atoms with Crippen LogP contribution in [-0.2, 0) is 97.7 Å². The number of phenols is 1. The molecule has 7 rings (SSSR count). The van der Waals surface area contributed by atoms with Gasteiger partial charge in [0, 0.05) is 80.2 Å². The van der Waals surface area contributed by atoms with Gasteiger partial charge in [-0.15, -0.1) is 5.10 Å². The number of urea groups is 1. The SMILES string of the molecule is C[C@@H](O)[C@@H]1NC(=O)[C@@H]2CCc3cn(nn3)CCC[C@@H](C(=O)N[C@@H](Cc3ccc(O)cc3)C(=O)O)NC(=O)[C@H](CCC(N)=O)NC(=O)[C@H](Cc3c[nH]c4ccccc34)NC(=O)[C@H](CCCNC(N)=O)NC(=O)[C@H](CSSC[C@H](NC(=O)CN)C(=O)N2)NC(=O)[C@H](CCCNC(=N)N)NC(=O)C2CCCN2C(=O)[C@H](CC(=O)O)NC1=O. The lowest BCUT2D eigenvalue weighted by molar-refractivity contribution is -0.146. The van der Waals surface area contributed by atoms with Crippen LogP contribution in [0.4, 0.5) is 4.79 Å². The molecule has 13 atom stereocenters. The molecule has 4 bridgehead atoms. The molecule has 1 unspecified atom stereocenters. The molecular weight excluding hydrogens is 1540 g/mol. The lowest BCUT2D eigenvalue weighted by atomic mass is 10.0. The van der Waals surface area contributed by atoms with Crippen LogP contribution in [0.5, 0.6) is 5.75 Å². The van der Waals surface area contributed by atoms with Gasteiger partial charge in [0.05, 0.1) is 24.8 Å². The van der Waals surface area contributed by atoms with E-state index in [1.165, 1.54) is 41.3 Å². The first kappa shape index (κ1) is 89.3. The third-order valence-electron chi connectivity index (χ3n) is 18.6. The van der Waals surface area contributed by atoms with E-state index >= 15 is 19.2 Å². The summed E-state index contributed by atoms with van der Waals surface area (Å²) in [6.07, 6.45) is -3.67. The number of guanidine groups is 1. The zero-order valence-corrected chi connectivity index (χ0v) is 63.7. The number of hydrogen-bond acceptors (Lipinski definition) is 24. The number of para-hydroxylation sites is 1. The molecular formula is C69H97N23O20S2. The first-order valence-electron chi connectivity index (χ1n) is 36.6. The van der Waals surface area contributed by atoms with E-state index in [0.717, 1.165) is 33.4 Å². The Morgan fingerprint density at radius 2 is 1.27 bits per heavy atom. The number of nitrogens with one attached hydrogen (secondary N) is 15. The van der Waals surface area contributed by atoms with E-state index in [9.17, 15) is 78.0 Å². The van der Waals surface area contributed by atoms with E-state index in [-0.39, 0.29) is 108 Å². The minimum Gasteiger partial charge on any atom is -0.508 e. The summed E-state index contributed by atoms with van der Waals surface area (Å²) in [6.45, 7) is -0.196. The van der Waals surface area contributed by atoms with Crippen LogP contribution in [0.3, 0.4) is 0 Å². The first-order valence-corrected chi connectivity index (χ1v) is 39.1. The van der Waals surface area contributed by atoms with E-state index in [2.05, 4.69) is 84.4 Å². The third-order valence-corrected chi connectivity index (χ3v) is 21.0. The van der Waals surface area contributed by atoms with E-state index in [1.54, 1.807) is 24.3 Å². The number of aliphatic carboxylic acids is 2. The van der Waals surface area contributed by atoms with Crippen molar-refractivity contribution in [3.05, 3.63) is 77.7 Å². The Morgan fingerprint density at radius 3 is 1.94 bits per heavy atom. The Bertz CT molecular complexity index is 4150. The number of carbonyl (C=O) groups is 16. The molecule has 0 saturated carbocycles. The van der Waals surface area contributed by atoms with Gasteiger partial charge in [0.1, 0.15) is 78.3 Å². The van der Waals surface area contributed by atoms with Gasteiger partial charge in [-0.3, -0.25) is 77.2 Å². The number of H-pyrrole nitrogens is 1. The number of aromatic hydroxyl groups is 1. The second kappa shape index (κ2) is 43.8. The monoisotopic (exact) mass is 1630 g/mol. The number of carboxylic acids is 2. The third kappa shape index (κ3) is 27.8. The van der Waals surface area contributed by atoms with Crippen LogP contribution in [0.1, 0.15) is 101 Å². The quantitative estimate of drug-likeness (QED) is 0.0142. The Balaban J connectivity index is 1.39. The number of hydrogen-bond donors (Lipinski definition) is 23. The highest BCUT2D eigenvalue weighted by atomic mass is 33.1. The van der Waals surface area contributed by atoms with Crippen LogP contribution in [0.25, 0.3) is 10.9 Å². The van der Waals surface area contributed by atoms with Gasteiger partial charge in [-0.25, -0.2) is 9.59 Å². The zero-order chi connectivity index (χ0) is 83.3. The highest BCUT2D eigenvalue weighted by Gasteiger charge is 2.43. The largest absolute Gasteiger partial charge is 0.508 e. The second-order valence-corrected chi connectivity index (χ2v) is 29.9. The van der Waals surface area contributed by atoms with Crippen molar-refractivity contribution in [3.8, 4) is 5.75 Å². The molecule has 0 radical (unpaired) electrons. The zero-order valence-electron chi connectivity index (χ0n) is 62.1. The standard InChI is InChI=1S/C69H97N23O20S2/c1-34(93)55-65(108)85-47(28-54(97)98)66(109)92-25-7-13-51(92)64(107)83-42(10-4-22-75-68(72)73)58(101)87-50-33-114-113-32-49(78-53(96)29-70)62(105)82-44(60(103)88-55)19-16-37-31-91(90-89-37)24-6-12-43(57(100)86-48(67(110)111)26-35-14-17-38(94)18-15-35)79-59(102)45(20-21-52(71)95)81-61(104)46(27-36-30-77-40-9-3-2-8-39(36)40)84-56(99)41(80-63(50)106)11-5-23-76-69(74)112/h2-3,8-9,14-15,17-18,30-31,34,41-51,55,77,93-94H,4-7,10-13,16,19-29,32-33,70H2,1H3,(H2,71,95)(H,78,96)(H,79,102)(H,80,106)(H,81,104)(H,82,105)(H,83,107)(H,84,99)(H,85,108)(H,86,100)(H,87,101)(H,88,103)(H,97,98)(H,110,111)(H4,72,73,75)(H3,74,76,112)/t34-,41+,42+,43+,44+,45+,46+,47+,48+,49+,50+,51?,55+/m1/s1. The molecule has 3 aliphatic rings. The summed E-state index contributed by atoms with van der Waals surface area (Å²) < 4.78 is 1.29. The number of primary amides is 2. The minimum absolute atomic E-state index is 0.0250. The number of rotatable bonds is 23. The van der Waals surface area contributed by atoms with Crippen molar-refractivity contribution in [2.75, 3.05) is 37.7 Å². The number of amides is 15. The molecule has 3 aliphatic heterocycles. The number of nitrogens with zero attached hydrogens (tertiary/aromatic N) is 4. The molecule has 114 heavy (non-hydrogen) atoms. The molecule has 15 amide bonds. The molecule has 2 fully saturated rings. The van der Waals surface area contributed by atoms with Gasteiger partial charge >= 0.3 is 18.0 Å². The minimum atomic E-state index is -2.02. The molecule has 0 spiro atoms. The molecule has 27 N–H and O–H groups in total. The van der Waals surface area contributed by atoms with Gasteiger partial charge in [0.25, 0.3) is 0 Å². The number of phenolic OH excluding ortho intramolecular Hbond substituents is 1. The van der Waals surface area contributed by atoms with Crippen molar-refractivity contribution >= 4 is 133 Å². The fourth-order valence-electron chi connectivity index (χ4n) is 12.6. The lowest BCUT2D eigenvalue weighted by Gasteiger charge is -2.31. The van der Waals surface area contributed by atoms with Crippen LogP contribution < -0.4 is 92.1 Å². The van der Waals surface area contributed by atoms with Crippen LogP contribution in [0, 0.1) is 5.41 Å². The highest BCUT2D eigenvalue weighted by Crippen LogP contribution is 2.26. The smallest absolute Gasteiger partial charge is 0.326 e. The Labute approximate surface area is 659 Å². The van der Waals surface area contributed by atoms with Gasteiger partial charge in [0.15, 0.2) is 5.96 Å². The van der Waals surface area contributed by atoms with Crippen molar-refractivity contribution < 1.29 is 97.1 Å². The summed E-state index contributed by atoms with van der Waals surface area (Å²) in [7, 11) is 1.64. The number of aromatic nitrogens is 4. The first-order chi connectivity index (χ1) is 54.3. The molecule has 45 heteroatoms. The fraction of sp³-hybridized carbons (Fsp3) is 0.522. The topological polar surface area (TPSA) is 688 Å². The summed E-state index contributed by atoms with van der Waals surface area (Å²) in [4.78, 5) is 231. The van der Waals surface area contributed by atoms with Crippen molar-refractivity contribution in [1.29, 1.82) is 5.41 Å². The maximum atomic E-state index is 15.3. The molecule has 2 aromatic carbocycles.